The number of oxazole rings is 1. The van der Waals surface area contributed by atoms with Gasteiger partial charge in [-0.2, -0.15) is 0 Å². The molecule has 5 heteroatoms. The van der Waals surface area contributed by atoms with Gasteiger partial charge in [-0.05, 0) is 36.6 Å². The number of hydrogen-bond acceptors (Lipinski definition) is 3. The first-order valence-corrected chi connectivity index (χ1v) is 7.54. The van der Waals surface area contributed by atoms with E-state index in [1.54, 1.807) is 0 Å². The molecule has 0 saturated carbocycles. The smallest absolute Gasteiger partial charge is 0.408 e. The molecule has 0 aliphatic carbocycles. The third-order valence-electron chi connectivity index (χ3n) is 3.67. The van der Waals surface area contributed by atoms with Gasteiger partial charge >= 0.3 is 5.76 Å². The quantitative estimate of drug-likeness (QED) is 0.759. The summed E-state index contributed by atoms with van der Waals surface area (Å²) in [6.07, 6.45) is 1.07. The summed E-state index contributed by atoms with van der Waals surface area (Å²) < 4.78 is 5.03. The van der Waals surface area contributed by atoms with Crippen LogP contribution in [0.3, 0.4) is 0 Å². The van der Waals surface area contributed by atoms with Crippen LogP contribution < -0.4 is 11.1 Å². The molecular weight excluding hydrogens is 292 g/mol. The Bertz CT molecular complexity index is 892. The van der Waals surface area contributed by atoms with Crippen molar-refractivity contribution in [2.75, 3.05) is 6.54 Å². The van der Waals surface area contributed by atoms with Crippen molar-refractivity contribution in [3.63, 3.8) is 0 Å². The van der Waals surface area contributed by atoms with Crippen LogP contribution in [0.2, 0.25) is 0 Å². The van der Waals surface area contributed by atoms with Crippen LogP contribution >= 0.6 is 0 Å². The maximum Gasteiger partial charge on any atom is 0.417 e. The van der Waals surface area contributed by atoms with Crippen molar-refractivity contribution in [1.82, 2.24) is 10.3 Å². The standard InChI is InChI=1S/C18H18N2O3/c1-12-3-2-4-14(9-12)11-17(21)19-8-7-13-5-6-15-16(10-13)23-18(22)20-15/h2-6,9-10H,7-8,11H2,1H3,(H,19,21)(H,20,22). The number of benzene rings is 2. The van der Waals surface area contributed by atoms with Gasteiger partial charge < -0.3 is 9.73 Å². The molecule has 23 heavy (non-hydrogen) atoms. The first-order chi connectivity index (χ1) is 11.1. The molecule has 2 N–H and O–H groups in total. The molecule has 3 aromatic rings. The van der Waals surface area contributed by atoms with Crippen LogP contribution in [0, 0.1) is 6.92 Å². The molecule has 0 spiro atoms. The number of carbonyl (C=O) groups excluding carboxylic acids is 1. The Kier molecular flexibility index (Phi) is 4.28. The summed E-state index contributed by atoms with van der Waals surface area (Å²) in [4.78, 5) is 25.7. The first-order valence-electron chi connectivity index (χ1n) is 7.54. The summed E-state index contributed by atoms with van der Waals surface area (Å²) in [6.45, 7) is 2.56. The highest BCUT2D eigenvalue weighted by Crippen LogP contribution is 2.12. The molecule has 0 bridgehead atoms. The number of fused-ring (bicyclic) bond motifs is 1. The van der Waals surface area contributed by atoms with Crippen LogP contribution in [-0.2, 0) is 17.6 Å². The molecule has 0 radical (unpaired) electrons. The van der Waals surface area contributed by atoms with Gasteiger partial charge in [0.1, 0.15) is 0 Å². The number of aromatic amines is 1. The minimum absolute atomic E-state index is 0.00449. The third kappa shape index (κ3) is 3.88. The molecule has 0 aliphatic heterocycles. The monoisotopic (exact) mass is 310 g/mol. The first kappa shape index (κ1) is 15.1. The van der Waals surface area contributed by atoms with Crippen molar-refractivity contribution in [2.24, 2.45) is 0 Å². The maximum atomic E-state index is 12.0. The van der Waals surface area contributed by atoms with E-state index in [1.165, 1.54) is 0 Å². The Morgan fingerprint density at radius 1 is 1.17 bits per heavy atom. The lowest BCUT2D eigenvalue weighted by Gasteiger charge is -2.06. The summed E-state index contributed by atoms with van der Waals surface area (Å²) in [5.74, 6) is -0.450. The highest BCUT2D eigenvalue weighted by molar-refractivity contribution is 5.78. The van der Waals surface area contributed by atoms with Crippen molar-refractivity contribution in [1.29, 1.82) is 0 Å². The van der Waals surface area contributed by atoms with E-state index in [2.05, 4.69) is 10.3 Å². The van der Waals surface area contributed by atoms with Crippen molar-refractivity contribution in [2.45, 2.75) is 19.8 Å². The SMILES string of the molecule is Cc1cccc(CC(=O)NCCc2ccc3[nH]c(=O)oc3c2)c1. The second-order valence-electron chi connectivity index (χ2n) is 5.61. The van der Waals surface area contributed by atoms with Crippen LogP contribution in [0.5, 0.6) is 0 Å². The molecule has 0 saturated heterocycles. The summed E-state index contributed by atoms with van der Waals surface area (Å²) in [5, 5.41) is 2.91. The summed E-state index contributed by atoms with van der Waals surface area (Å²) in [7, 11) is 0. The van der Waals surface area contributed by atoms with Gasteiger partial charge in [-0.3, -0.25) is 9.78 Å². The van der Waals surface area contributed by atoms with Gasteiger partial charge in [0.15, 0.2) is 5.58 Å². The fourth-order valence-corrected chi connectivity index (χ4v) is 2.56. The van der Waals surface area contributed by atoms with Crippen molar-refractivity contribution >= 4 is 17.0 Å². The second-order valence-corrected chi connectivity index (χ2v) is 5.61. The zero-order valence-corrected chi connectivity index (χ0v) is 12.9. The minimum atomic E-state index is -0.455. The second kappa shape index (κ2) is 6.52. The number of amides is 1. The van der Waals surface area contributed by atoms with E-state index in [0.717, 1.165) is 16.7 Å². The summed E-state index contributed by atoms with van der Waals surface area (Å²) in [6, 6.07) is 13.5. The molecule has 1 amide bonds. The van der Waals surface area contributed by atoms with Crippen molar-refractivity contribution < 1.29 is 9.21 Å². The van der Waals surface area contributed by atoms with Gasteiger partial charge in [0, 0.05) is 6.54 Å². The van der Waals surface area contributed by atoms with E-state index in [9.17, 15) is 9.59 Å². The average Bonchev–Trinajstić information content (AvgIpc) is 2.86. The molecule has 1 aromatic heterocycles. The van der Waals surface area contributed by atoms with Crippen LogP contribution in [0.1, 0.15) is 16.7 Å². The molecule has 1 heterocycles. The number of hydrogen-bond donors (Lipinski definition) is 2. The van der Waals surface area contributed by atoms with Gasteiger partial charge in [-0.15, -0.1) is 0 Å². The van der Waals surface area contributed by atoms with Crippen molar-refractivity contribution in [3.05, 3.63) is 69.7 Å². The lowest BCUT2D eigenvalue weighted by Crippen LogP contribution is -2.27. The number of rotatable bonds is 5. The average molecular weight is 310 g/mol. The Morgan fingerprint density at radius 2 is 2.04 bits per heavy atom. The Hall–Kier alpha value is -2.82. The number of H-pyrrole nitrogens is 1. The molecule has 118 valence electrons. The predicted molar refractivity (Wildman–Crippen MR) is 88.4 cm³/mol. The predicted octanol–water partition coefficient (Wildman–Crippen LogP) is 2.33. The molecule has 5 nitrogen and oxygen atoms in total. The lowest BCUT2D eigenvalue weighted by atomic mass is 10.1. The zero-order valence-electron chi connectivity index (χ0n) is 12.9. The summed E-state index contributed by atoms with van der Waals surface area (Å²) >= 11 is 0. The van der Waals surface area contributed by atoms with Crippen LogP contribution in [0.15, 0.2) is 51.7 Å². The van der Waals surface area contributed by atoms with E-state index in [4.69, 9.17) is 4.42 Å². The molecular formula is C18H18N2O3. The highest BCUT2D eigenvalue weighted by Gasteiger charge is 2.05. The maximum absolute atomic E-state index is 12.0. The molecule has 0 aliphatic rings. The Balaban J connectivity index is 1.53. The number of nitrogens with one attached hydrogen (secondary N) is 2. The van der Waals surface area contributed by atoms with Gasteiger partial charge in [0.2, 0.25) is 5.91 Å². The van der Waals surface area contributed by atoms with E-state index < -0.39 is 5.76 Å². The van der Waals surface area contributed by atoms with E-state index in [0.29, 0.717) is 30.5 Å². The van der Waals surface area contributed by atoms with Crippen LogP contribution in [0.25, 0.3) is 11.1 Å². The number of aromatic nitrogens is 1. The Labute approximate surface area is 133 Å². The van der Waals surface area contributed by atoms with E-state index in [1.807, 2.05) is 49.4 Å². The van der Waals surface area contributed by atoms with Crippen molar-refractivity contribution in [3.8, 4) is 0 Å². The van der Waals surface area contributed by atoms with Gasteiger partial charge in [-0.25, -0.2) is 4.79 Å². The normalized spacial score (nSPS) is 10.8. The third-order valence-corrected chi connectivity index (χ3v) is 3.67. The topological polar surface area (TPSA) is 75.1 Å². The van der Waals surface area contributed by atoms with Crippen LogP contribution in [0.4, 0.5) is 0 Å². The molecule has 0 unspecified atom stereocenters. The fraction of sp³-hybridized carbons (Fsp3) is 0.222. The largest absolute Gasteiger partial charge is 0.417 e. The van der Waals surface area contributed by atoms with Gasteiger partial charge in [-0.1, -0.05) is 35.9 Å². The van der Waals surface area contributed by atoms with Gasteiger partial charge in [0.25, 0.3) is 0 Å². The van der Waals surface area contributed by atoms with E-state index in [-0.39, 0.29) is 5.91 Å². The van der Waals surface area contributed by atoms with Gasteiger partial charge in [0.05, 0.1) is 11.9 Å². The molecule has 2 aromatic carbocycles. The molecule has 3 rings (SSSR count). The number of carbonyl (C=O) groups is 1. The zero-order chi connectivity index (χ0) is 16.2. The summed E-state index contributed by atoms with van der Waals surface area (Å²) in [5.41, 5.74) is 4.39. The minimum Gasteiger partial charge on any atom is -0.408 e. The highest BCUT2D eigenvalue weighted by atomic mass is 16.4. The lowest BCUT2D eigenvalue weighted by molar-refractivity contribution is -0.120. The van der Waals surface area contributed by atoms with Crippen LogP contribution in [-0.4, -0.2) is 17.4 Å². The Morgan fingerprint density at radius 3 is 2.87 bits per heavy atom. The fourth-order valence-electron chi connectivity index (χ4n) is 2.56. The molecule has 0 fully saturated rings. The number of aryl methyl sites for hydroxylation is 1. The molecule has 0 atom stereocenters. The van der Waals surface area contributed by atoms with E-state index >= 15 is 0 Å².